The predicted molar refractivity (Wildman–Crippen MR) is 191 cm³/mol. The van der Waals surface area contributed by atoms with Crippen LogP contribution in [0.4, 0.5) is 0 Å². The highest BCUT2D eigenvalue weighted by molar-refractivity contribution is 5.62. The Kier molecular flexibility index (Phi) is 9.67. The van der Waals surface area contributed by atoms with Gasteiger partial charge in [-0.15, -0.1) is 0 Å². The Bertz CT molecular complexity index is 1730. The Morgan fingerprint density at radius 1 is 0.292 bits per heavy atom. The minimum Gasteiger partial charge on any atom is -0.497 e. The van der Waals surface area contributed by atoms with Gasteiger partial charge in [-0.3, -0.25) is 0 Å². The van der Waals surface area contributed by atoms with Crippen LogP contribution in [0.5, 0.6) is 28.7 Å². The molecule has 0 fully saturated rings. The van der Waals surface area contributed by atoms with Gasteiger partial charge in [-0.05, 0) is 99.6 Å². The predicted octanol–water partition coefficient (Wildman–Crippen LogP) is 9.29. The third kappa shape index (κ3) is 6.19. The fourth-order valence-corrected chi connectivity index (χ4v) is 6.62. The third-order valence-corrected chi connectivity index (χ3v) is 9.14. The van der Waals surface area contributed by atoms with Gasteiger partial charge in [0.05, 0.1) is 41.0 Å². The lowest BCUT2D eigenvalue weighted by Gasteiger charge is -2.37. The molecule has 0 aromatic heterocycles. The molecule has 0 bridgehead atoms. The van der Waals surface area contributed by atoms with Crippen molar-refractivity contribution in [3.63, 3.8) is 0 Å². The van der Waals surface area contributed by atoms with Crippen LogP contribution in [-0.4, -0.2) is 35.5 Å². The Morgan fingerprint density at radius 2 is 0.479 bits per heavy atom. The smallest absolute Gasteiger partial charge is 0.118 e. The van der Waals surface area contributed by atoms with Crippen LogP contribution in [0.2, 0.25) is 0 Å². The minimum atomic E-state index is -0.668. The van der Waals surface area contributed by atoms with Crippen molar-refractivity contribution in [3.05, 3.63) is 185 Å². The van der Waals surface area contributed by atoms with Crippen LogP contribution in [0.1, 0.15) is 44.9 Å². The zero-order chi connectivity index (χ0) is 33.5. The zero-order valence-corrected chi connectivity index (χ0v) is 28.0. The second-order valence-corrected chi connectivity index (χ2v) is 11.5. The molecule has 6 aromatic carbocycles. The lowest BCUT2D eigenvalue weighted by atomic mass is 9.65. The average molecular weight is 637 g/mol. The van der Waals surface area contributed by atoms with E-state index < -0.39 is 5.41 Å². The van der Waals surface area contributed by atoms with Crippen molar-refractivity contribution in [2.45, 2.75) is 11.3 Å². The fraction of sp³-hybridized carbons (Fsp3) is 0.163. The molecule has 0 aliphatic heterocycles. The molecule has 6 aromatic rings. The van der Waals surface area contributed by atoms with Crippen LogP contribution in [0, 0.1) is 0 Å². The first kappa shape index (κ1) is 32.3. The molecule has 5 nitrogen and oxygen atoms in total. The van der Waals surface area contributed by atoms with Gasteiger partial charge in [0, 0.05) is 5.92 Å². The van der Waals surface area contributed by atoms with Gasteiger partial charge in [-0.1, -0.05) is 84.9 Å². The molecule has 242 valence electrons. The lowest BCUT2D eigenvalue weighted by molar-refractivity contribution is 0.414. The van der Waals surface area contributed by atoms with Gasteiger partial charge in [-0.2, -0.15) is 0 Å². The monoisotopic (exact) mass is 636 g/mol. The van der Waals surface area contributed by atoms with Gasteiger partial charge in [-0.25, -0.2) is 0 Å². The van der Waals surface area contributed by atoms with Gasteiger partial charge in [0.15, 0.2) is 0 Å². The normalized spacial score (nSPS) is 11.2. The summed E-state index contributed by atoms with van der Waals surface area (Å²) in [6.45, 7) is 0. The number of hydrogen-bond donors (Lipinski definition) is 0. The summed E-state index contributed by atoms with van der Waals surface area (Å²) < 4.78 is 27.6. The van der Waals surface area contributed by atoms with E-state index in [-0.39, 0.29) is 5.92 Å². The summed E-state index contributed by atoms with van der Waals surface area (Å²) in [5.41, 5.74) is 7.27. The van der Waals surface area contributed by atoms with Crippen molar-refractivity contribution in [2.75, 3.05) is 35.5 Å². The quantitative estimate of drug-likeness (QED) is 0.125. The number of hydrogen-bond acceptors (Lipinski definition) is 5. The van der Waals surface area contributed by atoms with E-state index in [1.165, 1.54) is 16.7 Å². The first-order valence-electron chi connectivity index (χ1n) is 15.9. The molecule has 0 radical (unpaired) electrons. The molecular weight excluding hydrogens is 596 g/mol. The maximum Gasteiger partial charge on any atom is 0.118 e. The summed E-state index contributed by atoms with van der Waals surface area (Å²) in [6.07, 6.45) is 0. The van der Waals surface area contributed by atoms with Gasteiger partial charge >= 0.3 is 0 Å². The third-order valence-electron chi connectivity index (χ3n) is 9.14. The average Bonchev–Trinajstić information content (AvgIpc) is 3.17. The molecule has 5 heteroatoms. The SMILES string of the molecule is COc1ccc(C(c2ccc(OC)cc2)c2ccc(C(c3ccc(OC)cc3)(c3ccc(OC)cc3)c3ccc(OC)cc3)cc2)cc1. The number of ether oxygens (including phenoxy) is 5. The maximum atomic E-state index is 5.57. The molecule has 0 spiro atoms. The van der Waals surface area contributed by atoms with E-state index in [9.17, 15) is 0 Å². The largest absolute Gasteiger partial charge is 0.497 e. The summed E-state index contributed by atoms with van der Waals surface area (Å²) in [4.78, 5) is 0. The van der Waals surface area contributed by atoms with E-state index in [1.54, 1.807) is 35.5 Å². The molecule has 48 heavy (non-hydrogen) atoms. The highest BCUT2D eigenvalue weighted by Crippen LogP contribution is 2.47. The van der Waals surface area contributed by atoms with Crippen molar-refractivity contribution in [1.82, 2.24) is 0 Å². The van der Waals surface area contributed by atoms with E-state index in [0.29, 0.717) is 0 Å². The van der Waals surface area contributed by atoms with Gasteiger partial charge in [0.2, 0.25) is 0 Å². The molecule has 0 heterocycles. The molecule has 0 aliphatic rings. The van der Waals surface area contributed by atoms with Gasteiger partial charge in [0.1, 0.15) is 28.7 Å². The van der Waals surface area contributed by atoms with Crippen molar-refractivity contribution in [3.8, 4) is 28.7 Å². The Hall–Kier alpha value is -5.68. The summed E-state index contributed by atoms with van der Waals surface area (Å²) in [6, 6.07) is 50.7. The van der Waals surface area contributed by atoms with E-state index in [1.807, 2.05) is 60.7 Å². The van der Waals surface area contributed by atoms with Crippen molar-refractivity contribution >= 4 is 0 Å². The number of benzene rings is 6. The summed E-state index contributed by atoms with van der Waals surface area (Å²) in [5.74, 6) is 4.04. The summed E-state index contributed by atoms with van der Waals surface area (Å²) in [7, 11) is 8.45. The van der Waals surface area contributed by atoms with E-state index >= 15 is 0 Å². The zero-order valence-electron chi connectivity index (χ0n) is 28.0. The summed E-state index contributed by atoms with van der Waals surface area (Å²) >= 11 is 0. The lowest BCUT2D eigenvalue weighted by Crippen LogP contribution is -2.31. The highest BCUT2D eigenvalue weighted by Gasteiger charge is 2.39. The van der Waals surface area contributed by atoms with Crippen LogP contribution < -0.4 is 23.7 Å². The van der Waals surface area contributed by atoms with Crippen LogP contribution in [-0.2, 0) is 5.41 Å². The Labute approximate surface area is 283 Å². The van der Waals surface area contributed by atoms with Crippen molar-refractivity contribution in [1.29, 1.82) is 0 Å². The Morgan fingerprint density at radius 3 is 0.708 bits per heavy atom. The Balaban J connectivity index is 1.56. The standard InChI is InChI=1S/C43H40O5/c1-44-37-20-8-31(9-21-37)42(32-10-22-38(45-2)23-11-32)30-6-12-33(13-7-30)43(34-14-24-39(46-3)25-15-34,35-16-26-40(47-4)27-17-35)36-18-28-41(48-5)29-19-36/h6-29,42H,1-5H3. The van der Waals surface area contributed by atoms with Crippen molar-refractivity contribution in [2.24, 2.45) is 0 Å². The molecule has 0 saturated heterocycles. The molecular formula is C43H40O5. The number of rotatable bonds is 12. The first-order valence-corrected chi connectivity index (χ1v) is 15.9. The molecule has 0 atom stereocenters. The van der Waals surface area contributed by atoms with E-state index in [4.69, 9.17) is 23.7 Å². The van der Waals surface area contributed by atoms with Crippen LogP contribution >= 0.6 is 0 Å². The van der Waals surface area contributed by atoms with Crippen LogP contribution in [0.3, 0.4) is 0 Å². The first-order chi connectivity index (χ1) is 23.5. The minimum absolute atomic E-state index is 0.00628. The maximum absolute atomic E-state index is 5.57. The second kappa shape index (κ2) is 14.4. The van der Waals surface area contributed by atoms with Gasteiger partial charge < -0.3 is 23.7 Å². The van der Waals surface area contributed by atoms with E-state index in [0.717, 1.165) is 51.0 Å². The number of methoxy groups -OCH3 is 5. The van der Waals surface area contributed by atoms with Crippen LogP contribution in [0.25, 0.3) is 0 Å². The molecule has 0 N–H and O–H groups in total. The van der Waals surface area contributed by atoms with Crippen LogP contribution in [0.15, 0.2) is 146 Å². The topological polar surface area (TPSA) is 46.2 Å². The molecule has 0 amide bonds. The van der Waals surface area contributed by atoms with Crippen molar-refractivity contribution < 1.29 is 23.7 Å². The van der Waals surface area contributed by atoms with Gasteiger partial charge in [0.25, 0.3) is 0 Å². The molecule has 6 rings (SSSR count). The molecule has 0 aliphatic carbocycles. The molecule has 0 unspecified atom stereocenters. The fourth-order valence-electron chi connectivity index (χ4n) is 6.62. The van der Waals surface area contributed by atoms with E-state index in [2.05, 4.69) is 84.9 Å². The second-order valence-electron chi connectivity index (χ2n) is 11.5. The summed E-state index contributed by atoms with van der Waals surface area (Å²) in [5, 5.41) is 0. The highest BCUT2D eigenvalue weighted by atomic mass is 16.5. The molecule has 0 saturated carbocycles.